The smallest absolute Gasteiger partial charge is 0.0994 e. The van der Waals surface area contributed by atoms with Gasteiger partial charge in [-0.05, 0) is 52.9 Å². The van der Waals surface area contributed by atoms with Gasteiger partial charge in [0.25, 0.3) is 0 Å². The molecule has 0 N–H and O–H groups in total. The number of benzene rings is 2. The van der Waals surface area contributed by atoms with Crippen LogP contribution in [-0.2, 0) is 4.87 Å². The predicted octanol–water partition coefficient (Wildman–Crippen LogP) is 7.83. The maximum Gasteiger partial charge on any atom is 0.0994 e. The Hall–Kier alpha value is -0.110. The third-order valence-electron chi connectivity index (χ3n) is 3.55. The highest BCUT2D eigenvalue weighted by Gasteiger charge is 2.44. The first kappa shape index (κ1) is 18.2. The molecule has 0 nitrogen and oxygen atoms in total. The van der Waals surface area contributed by atoms with Gasteiger partial charge < -0.3 is 0 Å². The van der Waals surface area contributed by atoms with Crippen LogP contribution in [-0.4, -0.2) is 0 Å². The largest absolute Gasteiger partial charge is 0.108 e. The first-order valence-electron chi connectivity index (χ1n) is 6.66. The molecule has 0 aliphatic rings. The standard InChI is InChI=1S/C17H15Cl5/c1-16(2,3)17(22,10-4-12(18)8-13(19)5-10)11-6-14(20)9-15(21)7-11/h4-9H,1-3H3. The summed E-state index contributed by atoms with van der Waals surface area (Å²) in [6.45, 7) is 6.14. The molecule has 0 bridgehead atoms. The highest BCUT2D eigenvalue weighted by atomic mass is 35.5. The Balaban J connectivity index is 2.78. The van der Waals surface area contributed by atoms with Crippen LogP contribution in [0.3, 0.4) is 0 Å². The van der Waals surface area contributed by atoms with Crippen molar-refractivity contribution in [2.45, 2.75) is 25.6 Å². The molecular weight excluding hydrogens is 381 g/mol. The Morgan fingerprint density at radius 1 is 0.591 bits per heavy atom. The number of halogens is 5. The summed E-state index contributed by atoms with van der Waals surface area (Å²) in [6, 6.07) is 10.6. The molecule has 0 saturated carbocycles. The second-order valence-corrected chi connectivity index (χ2v) is 8.54. The van der Waals surface area contributed by atoms with E-state index in [4.69, 9.17) is 58.0 Å². The zero-order valence-electron chi connectivity index (χ0n) is 12.4. The fourth-order valence-electron chi connectivity index (χ4n) is 2.54. The van der Waals surface area contributed by atoms with E-state index >= 15 is 0 Å². The van der Waals surface area contributed by atoms with Crippen molar-refractivity contribution in [3.05, 3.63) is 67.6 Å². The van der Waals surface area contributed by atoms with Gasteiger partial charge in [0.15, 0.2) is 0 Å². The third-order valence-corrected chi connectivity index (χ3v) is 5.43. The van der Waals surface area contributed by atoms with E-state index in [0.717, 1.165) is 11.1 Å². The van der Waals surface area contributed by atoms with Crippen LogP contribution in [0.4, 0.5) is 0 Å². The van der Waals surface area contributed by atoms with Crippen molar-refractivity contribution in [3.8, 4) is 0 Å². The van der Waals surface area contributed by atoms with Crippen LogP contribution >= 0.6 is 58.0 Å². The van der Waals surface area contributed by atoms with Crippen LogP contribution < -0.4 is 0 Å². The molecule has 0 fully saturated rings. The van der Waals surface area contributed by atoms with Gasteiger partial charge in [0, 0.05) is 20.1 Å². The van der Waals surface area contributed by atoms with Gasteiger partial charge in [-0.3, -0.25) is 0 Å². The average Bonchev–Trinajstić information content (AvgIpc) is 2.33. The maximum absolute atomic E-state index is 7.12. The topological polar surface area (TPSA) is 0 Å². The molecule has 5 heteroatoms. The van der Waals surface area contributed by atoms with Crippen LogP contribution in [0.1, 0.15) is 31.9 Å². The second-order valence-electron chi connectivity index (χ2n) is 6.22. The molecule has 0 spiro atoms. The summed E-state index contributed by atoms with van der Waals surface area (Å²) in [4.78, 5) is -0.879. The maximum atomic E-state index is 7.12. The summed E-state index contributed by atoms with van der Waals surface area (Å²) in [5.74, 6) is 0. The normalized spacial score (nSPS) is 12.5. The molecule has 0 saturated heterocycles. The molecule has 0 atom stereocenters. The fraction of sp³-hybridized carbons (Fsp3) is 0.294. The van der Waals surface area contributed by atoms with Gasteiger partial charge >= 0.3 is 0 Å². The molecule has 22 heavy (non-hydrogen) atoms. The molecule has 0 aliphatic heterocycles. The minimum absolute atomic E-state index is 0.337. The van der Waals surface area contributed by atoms with Gasteiger partial charge in [0.2, 0.25) is 0 Å². The summed E-state index contributed by atoms with van der Waals surface area (Å²) in [6.07, 6.45) is 0. The predicted molar refractivity (Wildman–Crippen MR) is 99.0 cm³/mol. The Labute approximate surface area is 156 Å². The summed E-state index contributed by atoms with van der Waals surface area (Å²) in [5.41, 5.74) is 1.27. The lowest BCUT2D eigenvalue weighted by Gasteiger charge is -2.41. The van der Waals surface area contributed by atoms with Gasteiger partial charge in [0.05, 0.1) is 4.87 Å². The molecule has 0 radical (unpaired) electrons. The van der Waals surface area contributed by atoms with Crippen LogP contribution in [0.2, 0.25) is 20.1 Å². The van der Waals surface area contributed by atoms with Crippen LogP contribution in [0.5, 0.6) is 0 Å². The fourth-order valence-corrected chi connectivity index (χ4v) is 3.81. The third kappa shape index (κ3) is 3.52. The summed E-state index contributed by atoms with van der Waals surface area (Å²) in [5, 5.41) is 2.13. The number of hydrogen-bond donors (Lipinski definition) is 0. The molecule has 118 valence electrons. The number of hydrogen-bond acceptors (Lipinski definition) is 0. The molecule has 0 unspecified atom stereocenters. The van der Waals surface area contributed by atoms with E-state index in [1.807, 2.05) is 45.0 Å². The van der Waals surface area contributed by atoms with Crippen molar-refractivity contribution >= 4 is 58.0 Å². The van der Waals surface area contributed by atoms with Gasteiger partial charge in [0.1, 0.15) is 0 Å². The zero-order valence-corrected chi connectivity index (χ0v) is 16.1. The molecule has 2 aromatic rings. The summed E-state index contributed by atoms with van der Waals surface area (Å²) < 4.78 is 0. The van der Waals surface area contributed by atoms with E-state index in [2.05, 4.69) is 0 Å². The lowest BCUT2D eigenvalue weighted by Crippen LogP contribution is -2.36. The van der Waals surface area contributed by atoms with Crippen molar-refractivity contribution < 1.29 is 0 Å². The van der Waals surface area contributed by atoms with E-state index in [-0.39, 0.29) is 5.41 Å². The monoisotopic (exact) mass is 394 g/mol. The summed E-state index contributed by atoms with van der Waals surface area (Å²) in [7, 11) is 0. The first-order chi connectivity index (χ1) is 10.0. The van der Waals surface area contributed by atoms with Gasteiger partial charge in [-0.1, -0.05) is 67.2 Å². The molecule has 2 rings (SSSR count). The van der Waals surface area contributed by atoms with E-state index in [1.165, 1.54) is 0 Å². The minimum Gasteiger partial charge on any atom is -0.108 e. The minimum atomic E-state index is -0.879. The summed E-state index contributed by atoms with van der Waals surface area (Å²) >= 11 is 31.8. The molecule has 0 aliphatic carbocycles. The Bertz CT molecular complexity index is 609. The highest BCUT2D eigenvalue weighted by Crippen LogP contribution is 2.52. The van der Waals surface area contributed by atoms with E-state index in [0.29, 0.717) is 20.1 Å². The lowest BCUT2D eigenvalue weighted by atomic mass is 9.71. The van der Waals surface area contributed by atoms with Crippen molar-refractivity contribution in [2.75, 3.05) is 0 Å². The highest BCUT2D eigenvalue weighted by molar-refractivity contribution is 6.36. The van der Waals surface area contributed by atoms with Gasteiger partial charge in [-0.25, -0.2) is 0 Å². The first-order valence-corrected chi connectivity index (χ1v) is 8.55. The molecule has 0 amide bonds. The zero-order chi connectivity index (χ0) is 16.7. The second kappa shape index (κ2) is 6.42. The van der Waals surface area contributed by atoms with Crippen molar-refractivity contribution in [3.63, 3.8) is 0 Å². The average molecular weight is 397 g/mol. The van der Waals surface area contributed by atoms with E-state index < -0.39 is 4.87 Å². The van der Waals surface area contributed by atoms with Gasteiger partial charge in [-0.15, -0.1) is 11.6 Å². The molecule has 0 heterocycles. The number of rotatable bonds is 2. The van der Waals surface area contributed by atoms with Gasteiger partial charge in [-0.2, -0.15) is 0 Å². The molecular formula is C17H15Cl5. The van der Waals surface area contributed by atoms with Crippen LogP contribution in [0, 0.1) is 5.41 Å². The van der Waals surface area contributed by atoms with E-state index in [1.54, 1.807) is 12.1 Å². The Kier molecular flexibility index (Phi) is 5.32. The Morgan fingerprint density at radius 3 is 1.09 bits per heavy atom. The molecule has 2 aromatic carbocycles. The molecule has 0 aromatic heterocycles. The van der Waals surface area contributed by atoms with Crippen LogP contribution in [0.15, 0.2) is 36.4 Å². The van der Waals surface area contributed by atoms with Crippen molar-refractivity contribution in [1.29, 1.82) is 0 Å². The van der Waals surface area contributed by atoms with Crippen molar-refractivity contribution in [1.82, 2.24) is 0 Å². The lowest BCUT2D eigenvalue weighted by molar-refractivity contribution is 0.318. The number of alkyl halides is 1. The van der Waals surface area contributed by atoms with Crippen molar-refractivity contribution in [2.24, 2.45) is 5.41 Å². The van der Waals surface area contributed by atoms with E-state index in [9.17, 15) is 0 Å². The SMILES string of the molecule is CC(C)(C)C(Cl)(c1cc(Cl)cc(Cl)c1)c1cc(Cl)cc(Cl)c1. The quantitative estimate of drug-likeness (QED) is 0.454. The Morgan fingerprint density at radius 2 is 0.864 bits per heavy atom. The van der Waals surface area contributed by atoms with Crippen LogP contribution in [0.25, 0.3) is 0 Å².